The highest BCUT2D eigenvalue weighted by atomic mass is 16.8. The van der Waals surface area contributed by atoms with Gasteiger partial charge in [0.25, 0.3) is 0 Å². The Morgan fingerprint density at radius 3 is 2.35 bits per heavy atom. The van der Waals surface area contributed by atoms with Gasteiger partial charge in [-0.25, -0.2) is 0 Å². The highest BCUT2D eigenvalue weighted by molar-refractivity contribution is 5.23. The van der Waals surface area contributed by atoms with Crippen LogP contribution in [0.3, 0.4) is 0 Å². The predicted molar refractivity (Wildman–Crippen MR) is 100 cm³/mol. The zero-order valence-corrected chi connectivity index (χ0v) is 15.5. The summed E-state index contributed by atoms with van der Waals surface area (Å²) in [4.78, 5) is 0. The summed E-state index contributed by atoms with van der Waals surface area (Å²) in [6.07, 6.45) is 8.17. The van der Waals surface area contributed by atoms with E-state index in [9.17, 15) is 0 Å². The zero-order valence-electron chi connectivity index (χ0n) is 15.5. The SMILES string of the molecule is C=CC[C@@H]1OC2(Cc3ccccc3)OC3(C)O[C@H](CC=C)C4CC1C2C43. The molecule has 26 heavy (non-hydrogen) atoms. The Kier molecular flexibility index (Phi) is 3.72. The summed E-state index contributed by atoms with van der Waals surface area (Å²) >= 11 is 0. The maximum atomic E-state index is 6.73. The largest absolute Gasteiger partial charge is 0.346 e. The van der Waals surface area contributed by atoms with E-state index in [1.165, 1.54) is 12.0 Å². The van der Waals surface area contributed by atoms with Crippen LogP contribution < -0.4 is 0 Å². The molecular formula is C23H28O3. The van der Waals surface area contributed by atoms with E-state index in [0.29, 0.717) is 23.7 Å². The fourth-order valence-electron chi connectivity index (χ4n) is 6.49. The van der Waals surface area contributed by atoms with Gasteiger partial charge in [0.05, 0.1) is 12.2 Å². The third kappa shape index (κ3) is 2.17. The molecule has 4 fully saturated rings. The molecule has 1 saturated carbocycles. The van der Waals surface area contributed by atoms with Crippen LogP contribution >= 0.6 is 0 Å². The normalized spacial score (nSPS) is 47.9. The average Bonchev–Trinajstić information content (AvgIpc) is 3.27. The van der Waals surface area contributed by atoms with Crippen LogP contribution in [0.15, 0.2) is 55.6 Å². The molecule has 0 amide bonds. The van der Waals surface area contributed by atoms with Gasteiger partial charge in [-0.05, 0) is 43.6 Å². The molecule has 1 aliphatic carbocycles. The van der Waals surface area contributed by atoms with Gasteiger partial charge < -0.3 is 14.2 Å². The van der Waals surface area contributed by atoms with Crippen molar-refractivity contribution < 1.29 is 14.2 Å². The van der Waals surface area contributed by atoms with Crippen molar-refractivity contribution in [1.82, 2.24) is 0 Å². The molecule has 5 rings (SSSR count). The third-order valence-corrected chi connectivity index (χ3v) is 7.13. The van der Waals surface area contributed by atoms with Crippen molar-refractivity contribution in [2.45, 2.75) is 56.4 Å². The van der Waals surface area contributed by atoms with Crippen LogP contribution in [0.2, 0.25) is 0 Å². The van der Waals surface area contributed by atoms with Crippen molar-refractivity contribution in [3.05, 3.63) is 61.2 Å². The molecule has 0 radical (unpaired) electrons. The van der Waals surface area contributed by atoms with Crippen molar-refractivity contribution in [3.63, 3.8) is 0 Å². The molecule has 6 unspecified atom stereocenters. The molecule has 4 aliphatic rings. The standard InChI is InChI=1S/C23H28O3/c1-4-9-18-16-13-17-19(10-5-2)25-23(14-15-11-7-6-8-12-15)21(17)20(16)22(3,24-18)26-23/h4-8,11-12,16-21H,1-2,9-10,13-14H2,3H3/t16?,17?,18-,19+,20?,21?,22?,23?/m1/s1. The van der Waals surface area contributed by atoms with Gasteiger partial charge in [-0.1, -0.05) is 42.5 Å². The lowest BCUT2D eigenvalue weighted by molar-refractivity contribution is -0.317. The first-order valence-corrected chi connectivity index (χ1v) is 9.92. The molecule has 0 bridgehead atoms. The molecule has 3 heterocycles. The maximum absolute atomic E-state index is 6.73. The lowest BCUT2D eigenvalue weighted by Crippen LogP contribution is -2.41. The van der Waals surface area contributed by atoms with Crippen molar-refractivity contribution >= 4 is 0 Å². The fraction of sp³-hybridized carbons (Fsp3) is 0.565. The summed E-state index contributed by atoms with van der Waals surface area (Å²) in [5, 5.41) is 0. The number of rotatable bonds is 6. The number of hydrogen-bond acceptors (Lipinski definition) is 3. The van der Waals surface area contributed by atoms with Crippen molar-refractivity contribution in [3.8, 4) is 0 Å². The highest BCUT2D eigenvalue weighted by Crippen LogP contribution is 2.70. The van der Waals surface area contributed by atoms with Crippen LogP contribution in [0.4, 0.5) is 0 Å². The van der Waals surface area contributed by atoms with Crippen molar-refractivity contribution in [2.24, 2.45) is 23.7 Å². The van der Waals surface area contributed by atoms with Crippen LogP contribution in [0, 0.1) is 23.7 Å². The Morgan fingerprint density at radius 2 is 1.65 bits per heavy atom. The van der Waals surface area contributed by atoms with Crippen LogP contribution in [0.1, 0.15) is 31.7 Å². The van der Waals surface area contributed by atoms with E-state index >= 15 is 0 Å². The summed E-state index contributed by atoms with van der Waals surface area (Å²) < 4.78 is 19.9. The molecule has 3 nitrogen and oxygen atoms in total. The van der Waals surface area contributed by atoms with E-state index in [-0.39, 0.29) is 12.2 Å². The quantitative estimate of drug-likeness (QED) is 0.706. The summed E-state index contributed by atoms with van der Waals surface area (Å²) in [6.45, 7) is 10.0. The molecule has 0 aromatic heterocycles. The Morgan fingerprint density at radius 1 is 1.00 bits per heavy atom. The second-order valence-corrected chi connectivity index (χ2v) is 8.57. The second kappa shape index (κ2) is 5.79. The minimum atomic E-state index is -0.562. The number of hydrogen-bond donors (Lipinski definition) is 0. The van der Waals surface area contributed by atoms with Gasteiger partial charge in [-0.15, -0.1) is 13.2 Å². The minimum Gasteiger partial charge on any atom is -0.346 e. The van der Waals surface area contributed by atoms with Crippen molar-refractivity contribution in [1.29, 1.82) is 0 Å². The van der Waals surface area contributed by atoms with Crippen molar-refractivity contribution in [2.75, 3.05) is 0 Å². The van der Waals surface area contributed by atoms with E-state index in [4.69, 9.17) is 14.2 Å². The van der Waals surface area contributed by atoms with Gasteiger partial charge in [0, 0.05) is 18.3 Å². The van der Waals surface area contributed by atoms with E-state index in [2.05, 4.69) is 50.4 Å². The Bertz CT molecular complexity index is 715. The third-order valence-electron chi connectivity index (χ3n) is 7.13. The molecule has 0 N–H and O–H groups in total. The smallest absolute Gasteiger partial charge is 0.179 e. The molecule has 1 aromatic rings. The first kappa shape index (κ1) is 16.7. The fourth-order valence-corrected chi connectivity index (χ4v) is 6.49. The maximum Gasteiger partial charge on any atom is 0.179 e. The molecule has 3 saturated heterocycles. The summed E-state index contributed by atoms with van der Waals surface area (Å²) in [5.74, 6) is 0.790. The van der Waals surface area contributed by atoms with Crippen LogP contribution in [-0.2, 0) is 20.6 Å². The van der Waals surface area contributed by atoms with Gasteiger partial charge in [-0.2, -0.15) is 0 Å². The summed E-state index contributed by atoms with van der Waals surface area (Å²) in [5.41, 5.74) is 1.26. The van der Waals surface area contributed by atoms with Gasteiger partial charge in [0.1, 0.15) is 0 Å². The first-order valence-electron chi connectivity index (χ1n) is 9.92. The van der Waals surface area contributed by atoms with Crippen LogP contribution in [-0.4, -0.2) is 23.8 Å². The first-order chi connectivity index (χ1) is 12.6. The molecule has 0 spiro atoms. The molecule has 1 aromatic carbocycles. The number of benzene rings is 1. The van der Waals surface area contributed by atoms with E-state index in [0.717, 1.165) is 19.3 Å². The predicted octanol–water partition coefficient (Wildman–Crippen LogP) is 4.49. The van der Waals surface area contributed by atoms with Gasteiger partial charge in [0.15, 0.2) is 11.6 Å². The van der Waals surface area contributed by atoms with Gasteiger partial charge >= 0.3 is 0 Å². The Hall–Kier alpha value is -1.42. The lowest BCUT2D eigenvalue weighted by Gasteiger charge is -2.33. The topological polar surface area (TPSA) is 27.7 Å². The molecular weight excluding hydrogens is 324 g/mol. The van der Waals surface area contributed by atoms with E-state index in [1.807, 2.05) is 12.2 Å². The van der Waals surface area contributed by atoms with E-state index in [1.54, 1.807) is 0 Å². The van der Waals surface area contributed by atoms with E-state index < -0.39 is 11.6 Å². The van der Waals surface area contributed by atoms with Crippen LogP contribution in [0.25, 0.3) is 0 Å². The lowest BCUT2D eigenvalue weighted by atomic mass is 9.79. The van der Waals surface area contributed by atoms with Gasteiger partial charge in [-0.3, -0.25) is 0 Å². The summed E-state index contributed by atoms with van der Waals surface area (Å²) in [7, 11) is 0. The second-order valence-electron chi connectivity index (χ2n) is 8.57. The monoisotopic (exact) mass is 352 g/mol. The minimum absolute atomic E-state index is 0.209. The Balaban J connectivity index is 1.53. The Labute approximate surface area is 156 Å². The molecule has 8 atom stereocenters. The highest BCUT2D eigenvalue weighted by Gasteiger charge is 2.77. The van der Waals surface area contributed by atoms with Gasteiger partial charge in [0.2, 0.25) is 0 Å². The molecule has 3 aliphatic heterocycles. The molecule has 3 heteroatoms. The number of ether oxygens (including phenoxy) is 3. The molecule has 138 valence electrons. The zero-order chi connectivity index (χ0) is 17.9. The summed E-state index contributed by atoms with van der Waals surface area (Å²) in [6, 6.07) is 10.6. The van der Waals surface area contributed by atoms with Crippen LogP contribution in [0.5, 0.6) is 0 Å². The average molecular weight is 352 g/mol.